The highest BCUT2D eigenvalue weighted by atomic mass is 32.2. The van der Waals surface area contributed by atoms with Gasteiger partial charge in [-0.25, -0.2) is 4.98 Å². The quantitative estimate of drug-likeness (QED) is 0.526. The number of aliphatic carboxylic acids is 1. The molecule has 0 saturated carbocycles. The molecule has 1 aromatic carbocycles. The normalized spacial score (nSPS) is 16.1. The minimum Gasteiger partial charge on any atom is -0.481 e. The highest BCUT2D eigenvalue weighted by molar-refractivity contribution is 7.98. The number of aryl methyl sites for hydroxylation is 1. The molecule has 0 unspecified atom stereocenters. The molecule has 0 aliphatic carbocycles. The van der Waals surface area contributed by atoms with Gasteiger partial charge in [0.2, 0.25) is 0 Å². The summed E-state index contributed by atoms with van der Waals surface area (Å²) in [5.41, 5.74) is 5.38. The fraction of sp³-hybridized carbons (Fsp3) is 0.381. The van der Waals surface area contributed by atoms with Gasteiger partial charge < -0.3 is 21.1 Å². The summed E-state index contributed by atoms with van der Waals surface area (Å²) in [6, 6.07) is 7.56. The number of anilines is 3. The number of thioether (sulfide) groups is 1. The second-order valence-corrected chi connectivity index (χ2v) is 8.26. The van der Waals surface area contributed by atoms with Gasteiger partial charge >= 0.3 is 12.1 Å². The smallest absolute Gasteiger partial charge is 0.417 e. The third-order valence-corrected chi connectivity index (χ3v) is 5.91. The van der Waals surface area contributed by atoms with E-state index in [0.29, 0.717) is 30.8 Å². The van der Waals surface area contributed by atoms with Crippen LogP contribution in [-0.2, 0) is 17.4 Å². The fourth-order valence-corrected chi connectivity index (χ4v) is 4.04. The van der Waals surface area contributed by atoms with Crippen LogP contribution in [0.1, 0.15) is 29.5 Å². The maximum Gasteiger partial charge on any atom is 0.417 e. The minimum absolute atomic E-state index is 0.0807. The van der Waals surface area contributed by atoms with Crippen LogP contribution in [0.15, 0.2) is 29.2 Å². The Morgan fingerprint density at radius 3 is 2.75 bits per heavy atom. The Morgan fingerprint density at radius 2 is 2.19 bits per heavy atom. The first kappa shape index (κ1) is 23.7. The molecule has 0 amide bonds. The van der Waals surface area contributed by atoms with Crippen molar-refractivity contribution >= 4 is 35.1 Å². The summed E-state index contributed by atoms with van der Waals surface area (Å²) < 4.78 is 41.3. The van der Waals surface area contributed by atoms with Crippen LogP contribution in [0.25, 0.3) is 0 Å². The lowest BCUT2D eigenvalue weighted by Crippen LogP contribution is -2.27. The SMILES string of the molecule is CSc1ccc(CCC(=O)O)cc1Nc1nc(N2CC[C@@H](N)C2)cc(C(F)(F)F)c1C#N. The minimum atomic E-state index is -4.74. The van der Waals surface area contributed by atoms with E-state index in [1.54, 1.807) is 35.4 Å². The zero-order valence-corrected chi connectivity index (χ0v) is 18.1. The molecule has 1 aliphatic heterocycles. The Morgan fingerprint density at radius 1 is 1.44 bits per heavy atom. The number of carboxylic acids is 1. The fourth-order valence-electron chi connectivity index (χ4n) is 3.50. The third-order valence-electron chi connectivity index (χ3n) is 5.12. The second-order valence-electron chi connectivity index (χ2n) is 7.41. The van der Waals surface area contributed by atoms with Gasteiger partial charge in [0.25, 0.3) is 0 Å². The number of benzene rings is 1. The number of alkyl halides is 3. The largest absolute Gasteiger partial charge is 0.481 e. The van der Waals surface area contributed by atoms with Crippen LogP contribution in [0.4, 0.5) is 30.5 Å². The van der Waals surface area contributed by atoms with Crippen molar-refractivity contribution in [2.24, 2.45) is 5.73 Å². The lowest BCUT2D eigenvalue weighted by atomic mass is 10.1. The molecule has 2 aromatic rings. The number of pyridine rings is 1. The lowest BCUT2D eigenvalue weighted by molar-refractivity contribution is -0.138. The Hall–Kier alpha value is -2.97. The molecular formula is C21H22F3N5O2S. The molecule has 1 saturated heterocycles. The van der Waals surface area contributed by atoms with Crippen molar-refractivity contribution in [2.45, 2.75) is 36.4 Å². The van der Waals surface area contributed by atoms with Gasteiger partial charge in [0, 0.05) is 30.4 Å². The molecule has 32 heavy (non-hydrogen) atoms. The van der Waals surface area contributed by atoms with E-state index in [9.17, 15) is 23.2 Å². The van der Waals surface area contributed by atoms with E-state index in [-0.39, 0.29) is 30.5 Å². The monoisotopic (exact) mass is 465 g/mol. The summed E-state index contributed by atoms with van der Waals surface area (Å²) in [4.78, 5) is 17.6. The molecule has 1 aliphatic rings. The number of rotatable bonds is 7. The number of aromatic nitrogens is 1. The van der Waals surface area contributed by atoms with E-state index < -0.39 is 23.3 Å². The topological polar surface area (TPSA) is 115 Å². The second kappa shape index (κ2) is 9.67. The highest BCUT2D eigenvalue weighted by Crippen LogP contribution is 2.39. The van der Waals surface area contributed by atoms with Gasteiger partial charge in [-0.05, 0) is 42.9 Å². The van der Waals surface area contributed by atoms with Crippen molar-refractivity contribution in [3.63, 3.8) is 0 Å². The molecule has 0 bridgehead atoms. The summed E-state index contributed by atoms with van der Waals surface area (Å²) in [6.07, 6.45) is -2.13. The van der Waals surface area contributed by atoms with Crippen LogP contribution < -0.4 is 16.0 Å². The average molecular weight is 466 g/mol. The summed E-state index contributed by atoms with van der Waals surface area (Å²) in [6.45, 7) is 0.841. The number of hydrogen-bond donors (Lipinski definition) is 3. The maximum atomic E-state index is 13.8. The van der Waals surface area contributed by atoms with E-state index in [0.717, 1.165) is 11.0 Å². The van der Waals surface area contributed by atoms with Gasteiger partial charge in [-0.1, -0.05) is 6.07 Å². The zero-order chi connectivity index (χ0) is 23.5. The number of nitrogens with two attached hydrogens (primary N) is 1. The molecule has 0 radical (unpaired) electrons. The molecule has 3 rings (SSSR count). The molecule has 1 atom stereocenters. The summed E-state index contributed by atoms with van der Waals surface area (Å²) >= 11 is 1.36. The van der Waals surface area contributed by atoms with E-state index in [4.69, 9.17) is 10.8 Å². The van der Waals surface area contributed by atoms with Crippen LogP contribution in [0.5, 0.6) is 0 Å². The molecule has 1 aromatic heterocycles. The summed E-state index contributed by atoms with van der Waals surface area (Å²) in [5, 5.41) is 21.4. The molecule has 4 N–H and O–H groups in total. The highest BCUT2D eigenvalue weighted by Gasteiger charge is 2.37. The van der Waals surface area contributed by atoms with Crippen molar-refractivity contribution in [1.29, 1.82) is 5.26 Å². The molecular weight excluding hydrogens is 443 g/mol. The van der Waals surface area contributed by atoms with E-state index in [1.807, 2.05) is 0 Å². The first-order valence-corrected chi connectivity index (χ1v) is 11.0. The first-order chi connectivity index (χ1) is 15.1. The summed E-state index contributed by atoms with van der Waals surface area (Å²) in [5.74, 6) is -1.06. The van der Waals surface area contributed by atoms with E-state index in [2.05, 4.69) is 10.3 Å². The van der Waals surface area contributed by atoms with Crippen LogP contribution in [0, 0.1) is 11.3 Å². The van der Waals surface area contributed by atoms with Crippen molar-refractivity contribution in [1.82, 2.24) is 4.98 Å². The number of nitriles is 1. The molecule has 11 heteroatoms. The van der Waals surface area contributed by atoms with Crippen LogP contribution in [-0.4, -0.2) is 41.4 Å². The number of hydrogen-bond acceptors (Lipinski definition) is 7. The van der Waals surface area contributed by atoms with Crippen LogP contribution in [0.2, 0.25) is 0 Å². The molecule has 170 valence electrons. The number of nitrogens with zero attached hydrogens (tertiary/aromatic N) is 3. The molecule has 7 nitrogen and oxygen atoms in total. The molecule has 1 fully saturated rings. The zero-order valence-electron chi connectivity index (χ0n) is 17.2. The van der Waals surface area contributed by atoms with E-state index >= 15 is 0 Å². The maximum absolute atomic E-state index is 13.8. The Kier molecular flexibility index (Phi) is 7.16. The van der Waals surface area contributed by atoms with Crippen molar-refractivity contribution in [2.75, 3.05) is 29.6 Å². The van der Waals surface area contributed by atoms with Gasteiger partial charge in [-0.2, -0.15) is 18.4 Å². The standard InChI is InChI=1S/C21H22F3N5O2S/c1-32-17-4-2-12(3-5-19(30)31)8-16(17)27-20-14(10-25)15(21(22,23)24)9-18(28-20)29-7-6-13(26)11-29/h2,4,8-9,13H,3,5-7,11,26H2,1H3,(H,27,28)(H,30,31)/t13-/m1/s1. The van der Waals surface area contributed by atoms with Gasteiger partial charge in [-0.15, -0.1) is 11.8 Å². The number of carboxylic acid groups (broad SMARTS) is 1. The number of halogens is 3. The third kappa shape index (κ3) is 5.44. The van der Waals surface area contributed by atoms with Crippen LogP contribution in [0.3, 0.4) is 0 Å². The predicted molar refractivity (Wildman–Crippen MR) is 116 cm³/mol. The molecule has 0 spiro atoms. The number of carbonyl (C=O) groups is 1. The van der Waals surface area contributed by atoms with Crippen LogP contribution >= 0.6 is 11.8 Å². The average Bonchev–Trinajstić information content (AvgIpc) is 3.17. The number of nitrogens with one attached hydrogen (secondary N) is 1. The Bertz CT molecular complexity index is 1050. The predicted octanol–water partition coefficient (Wildman–Crippen LogP) is 3.99. The van der Waals surface area contributed by atoms with Gasteiger partial charge in [0.05, 0.1) is 11.3 Å². The van der Waals surface area contributed by atoms with Gasteiger partial charge in [0.1, 0.15) is 17.5 Å². The lowest BCUT2D eigenvalue weighted by Gasteiger charge is -2.22. The van der Waals surface area contributed by atoms with Gasteiger partial charge in [0.15, 0.2) is 5.82 Å². The van der Waals surface area contributed by atoms with Gasteiger partial charge in [-0.3, -0.25) is 4.79 Å². The first-order valence-electron chi connectivity index (χ1n) is 9.81. The van der Waals surface area contributed by atoms with Crippen molar-refractivity contribution in [3.05, 3.63) is 41.0 Å². The van der Waals surface area contributed by atoms with E-state index in [1.165, 1.54) is 11.8 Å². The molecule has 2 heterocycles. The Balaban J connectivity index is 2.07. The summed E-state index contributed by atoms with van der Waals surface area (Å²) in [7, 11) is 0. The van der Waals surface area contributed by atoms with Crippen molar-refractivity contribution in [3.8, 4) is 6.07 Å². The Labute approximate surface area is 187 Å². The van der Waals surface area contributed by atoms with Crippen molar-refractivity contribution < 1.29 is 23.1 Å².